The highest BCUT2D eigenvalue weighted by atomic mass is 16.2. The van der Waals surface area contributed by atoms with Gasteiger partial charge in [0, 0.05) is 32.7 Å². The average molecular weight is 282 g/mol. The van der Waals surface area contributed by atoms with Gasteiger partial charge in [-0.2, -0.15) is 5.10 Å². The summed E-state index contributed by atoms with van der Waals surface area (Å²) in [6.07, 6.45) is 0. The Morgan fingerprint density at radius 2 is 1.70 bits per heavy atom. The van der Waals surface area contributed by atoms with E-state index in [2.05, 4.69) is 17.0 Å². The van der Waals surface area contributed by atoms with Crippen LogP contribution in [0.15, 0.2) is 0 Å². The Kier molecular flexibility index (Phi) is 8.15. The lowest BCUT2D eigenvalue weighted by Crippen LogP contribution is -2.30. The van der Waals surface area contributed by atoms with Crippen molar-refractivity contribution in [1.82, 2.24) is 19.6 Å². The molecule has 20 heavy (non-hydrogen) atoms. The summed E-state index contributed by atoms with van der Waals surface area (Å²) in [4.78, 5) is 15.7. The highest BCUT2D eigenvalue weighted by Crippen LogP contribution is 2.19. The molecule has 0 radical (unpaired) electrons. The SMILES string of the molecule is CC.CC.Cc1c(C(=O)N(C)C)nn2c1CN(C)CC2. The van der Waals surface area contributed by atoms with E-state index in [1.807, 2.05) is 39.3 Å². The van der Waals surface area contributed by atoms with Gasteiger partial charge in [-0.15, -0.1) is 0 Å². The van der Waals surface area contributed by atoms with E-state index in [0.29, 0.717) is 5.69 Å². The summed E-state index contributed by atoms with van der Waals surface area (Å²) in [7, 11) is 5.60. The number of hydrogen-bond acceptors (Lipinski definition) is 3. The molecule has 0 N–H and O–H groups in total. The number of hydrogen-bond donors (Lipinski definition) is 0. The van der Waals surface area contributed by atoms with Gasteiger partial charge in [-0.05, 0) is 14.0 Å². The fraction of sp³-hybridized carbons (Fsp3) is 0.733. The van der Waals surface area contributed by atoms with Crippen LogP contribution in [0.3, 0.4) is 0 Å². The second-order valence-electron chi connectivity index (χ2n) is 4.58. The molecule has 5 heteroatoms. The van der Waals surface area contributed by atoms with Crippen LogP contribution in [0.2, 0.25) is 0 Å². The number of likely N-dealkylation sites (N-methyl/N-ethyl adjacent to an activating group) is 1. The van der Waals surface area contributed by atoms with Crippen molar-refractivity contribution in [3.63, 3.8) is 0 Å². The van der Waals surface area contributed by atoms with Crippen LogP contribution < -0.4 is 0 Å². The van der Waals surface area contributed by atoms with Crippen molar-refractivity contribution < 1.29 is 4.79 Å². The van der Waals surface area contributed by atoms with Gasteiger partial charge in [0.15, 0.2) is 5.69 Å². The number of nitrogens with zero attached hydrogens (tertiary/aromatic N) is 4. The van der Waals surface area contributed by atoms with Crippen LogP contribution in [0.5, 0.6) is 0 Å². The Balaban J connectivity index is 0.000000829. The average Bonchev–Trinajstić information content (AvgIpc) is 2.79. The van der Waals surface area contributed by atoms with Crippen LogP contribution in [0, 0.1) is 6.92 Å². The molecule has 1 aromatic rings. The van der Waals surface area contributed by atoms with E-state index in [4.69, 9.17) is 0 Å². The van der Waals surface area contributed by atoms with Crippen molar-refractivity contribution in [3.05, 3.63) is 17.0 Å². The van der Waals surface area contributed by atoms with Gasteiger partial charge < -0.3 is 4.90 Å². The molecule has 1 aromatic heterocycles. The lowest BCUT2D eigenvalue weighted by atomic mass is 10.1. The van der Waals surface area contributed by atoms with Gasteiger partial charge >= 0.3 is 0 Å². The van der Waals surface area contributed by atoms with Crippen molar-refractivity contribution in [2.75, 3.05) is 27.7 Å². The van der Waals surface area contributed by atoms with Gasteiger partial charge in [-0.1, -0.05) is 27.7 Å². The molecule has 2 rings (SSSR count). The van der Waals surface area contributed by atoms with Gasteiger partial charge in [-0.25, -0.2) is 0 Å². The maximum Gasteiger partial charge on any atom is 0.274 e. The maximum absolute atomic E-state index is 11.9. The van der Waals surface area contributed by atoms with E-state index in [1.165, 1.54) is 5.69 Å². The fourth-order valence-corrected chi connectivity index (χ4v) is 1.99. The van der Waals surface area contributed by atoms with Gasteiger partial charge in [0.05, 0.1) is 12.2 Å². The van der Waals surface area contributed by atoms with Gasteiger partial charge in [0.25, 0.3) is 5.91 Å². The molecule has 0 aliphatic carbocycles. The summed E-state index contributed by atoms with van der Waals surface area (Å²) in [5.41, 5.74) is 2.78. The first-order valence-corrected chi connectivity index (χ1v) is 7.47. The monoisotopic (exact) mass is 282 g/mol. The van der Waals surface area contributed by atoms with Crippen molar-refractivity contribution in [2.24, 2.45) is 0 Å². The van der Waals surface area contributed by atoms with E-state index in [1.54, 1.807) is 19.0 Å². The third kappa shape index (κ3) is 4.07. The molecule has 0 saturated carbocycles. The third-order valence-electron chi connectivity index (χ3n) is 3.04. The molecular weight excluding hydrogens is 252 g/mol. The Morgan fingerprint density at radius 1 is 1.15 bits per heavy atom. The number of fused-ring (bicyclic) bond motifs is 1. The Hall–Kier alpha value is -1.36. The quantitative estimate of drug-likeness (QED) is 0.794. The van der Waals surface area contributed by atoms with E-state index in [9.17, 15) is 4.79 Å². The summed E-state index contributed by atoms with van der Waals surface area (Å²) < 4.78 is 1.96. The Morgan fingerprint density at radius 3 is 2.20 bits per heavy atom. The smallest absolute Gasteiger partial charge is 0.274 e. The van der Waals surface area contributed by atoms with Crippen molar-refractivity contribution in [3.8, 4) is 0 Å². The predicted octanol–water partition coefficient (Wildman–Crippen LogP) is 2.39. The first-order valence-electron chi connectivity index (χ1n) is 7.47. The molecule has 5 nitrogen and oxygen atoms in total. The van der Waals surface area contributed by atoms with Crippen molar-refractivity contribution in [1.29, 1.82) is 0 Å². The normalized spacial score (nSPS) is 13.4. The highest BCUT2D eigenvalue weighted by molar-refractivity contribution is 5.93. The summed E-state index contributed by atoms with van der Waals surface area (Å²) >= 11 is 0. The Bertz CT molecular complexity index is 424. The largest absolute Gasteiger partial charge is 0.343 e. The maximum atomic E-state index is 11.9. The number of carbonyl (C=O) groups excluding carboxylic acids is 1. The first kappa shape index (κ1) is 18.6. The molecule has 0 saturated heterocycles. The molecule has 0 aromatic carbocycles. The molecule has 1 aliphatic rings. The number of carbonyl (C=O) groups is 1. The van der Waals surface area contributed by atoms with Crippen LogP contribution in [0.4, 0.5) is 0 Å². The van der Waals surface area contributed by atoms with Crippen LogP contribution in [0.1, 0.15) is 49.4 Å². The van der Waals surface area contributed by atoms with Gasteiger partial charge in [0.1, 0.15) is 0 Å². The lowest BCUT2D eigenvalue weighted by molar-refractivity contribution is 0.0820. The first-order chi connectivity index (χ1) is 9.50. The molecule has 2 heterocycles. The van der Waals surface area contributed by atoms with Crippen LogP contribution >= 0.6 is 0 Å². The molecule has 0 unspecified atom stereocenters. The number of rotatable bonds is 1. The van der Waals surface area contributed by atoms with Gasteiger partial charge in [0.2, 0.25) is 0 Å². The lowest BCUT2D eigenvalue weighted by Gasteiger charge is -2.23. The fourth-order valence-electron chi connectivity index (χ4n) is 1.99. The summed E-state index contributed by atoms with van der Waals surface area (Å²) in [6, 6.07) is 0. The van der Waals surface area contributed by atoms with Crippen molar-refractivity contribution >= 4 is 5.91 Å². The second kappa shape index (κ2) is 8.74. The second-order valence-corrected chi connectivity index (χ2v) is 4.58. The molecular formula is C15H30N4O. The van der Waals surface area contributed by atoms with E-state index >= 15 is 0 Å². The number of amides is 1. The van der Waals surface area contributed by atoms with Crippen LogP contribution in [0.25, 0.3) is 0 Å². The van der Waals surface area contributed by atoms with E-state index in [-0.39, 0.29) is 5.91 Å². The minimum absolute atomic E-state index is 0.0120. The Labute approximate surface area is 123 Å². The topological polar surface area (TPSA) is 41.4 Å². The van der Waals surface area contributed by atoms with E-state index in [0.717, 1.165) is 25.2 Å². The molecule has 1 amide bonds. The third-order valence-corrected chi connectivity index (χ3v) is 3.04. The molecule has 1 aliphatic heterocycles. The standard InChI is InChI=1S/C11H18N4O.2C2H6/c1-8-9-7-14(4)5-6-15(9)12-10(8)11(16)13(2)3;2*1-2/h5-7H2,1-4H3;2*1-2H3. The van der Waals surface area contributed by atoms with E-state index < -0.39 is 0 Å². The highest BCUT2D eigenvalue weighted by Gasteiger charge is 2.24. The van der Waals surface area contributed by atoms with Gasteiger partial charge in [-0.3, -0.25) is 14.4 Å². The summed E-state index contributed by atoms with van der Waals surface area (Å²) in [6.45, 7) is 12.7. The zero-order valence-corrected chi connectivity index (χ0v) is 14.3. The number of aromatic nitrogens is 2. The van der Waals surface area contributed by atoms with Crippen LogP contribution in [-0.4, -0.2) is 53.2 Å². The molecule has 0 bridgehead atoms. The summed E-state index contributed by atoms with van der Waals surface area (Å²) in [5.74, 6) is -0.0120. The molecule has 116 valence electrons. The molecule has 0 atom stereocenters. The zero-order chi connectivity index (χ0) is 15.9. The predicted molar refractivity (Wildman–Crippen MR) is 84.0 cm³/mol. The summed E-state index contributed by atoms with van der Waals surface area (Å²) in [5, 5.41) is 4.40. The minimum Gasteiger partial charge on any atom is -0.343 e. The molecule has 0 fully saturated rings. The van der Waals surface area contributed by atoms with Crippen molar-refractivity contribution in [2.45, 2.75) is 47.7 Å². The molecule has 0 spiro atoms. The van der Waals surface area contributed by atoms with Crippen LogP contribution in [-0.2, 0) is 13.1 Å². The zero-order valence-electron chi connectivity index (χ0n) is 14.3. The minimum atomic E-state index is -0.0120.